The number of aliphatic hydroxyl groups is 1. The number of imidazole rings is 1. The molecule has 3 unspecified atom stereocenters. The van der Waals surface area contributed by atoms with Crippen LogP contribution in [0.5, 0.6) is 0 Å². The highest BCUT2D eigenvalue weighted by Crippen LogP contribution is 2.11. The highest BCUT2D eigenvalue weighted by atomic mass is 16.5. The summed E-state index contributed by atoms with van der Waals surface area (Å²) in [7, 11) is 0. The SMILES string of the molecule is CC(Cn1ccnc1)NCC(O)COCC1CCCO1. The third-order valence-electron chi connectivity index (χ3n) is 3.38. The first-order chi connectivity index (χ1) is 9.74. The van der Waals surface area contributed by atoms with E-state index in [0.717, 1.165) is 26.0 Å². The highest BCUT2D eigenvalue weighted by molar-refractivity contribution is 4.77. The third kappa shape index (κ3) is 5.58. The second-order valence-corrected chi connectivity index (χ2v) is 5.40. The molecule has 0 aromatic carbocycles. The van der Waals surface area contributed by atoms with Gasteiger partial charge in [0.15, 0.2) is 0 Å². The predicted molar refractivity (Wildman–Crippen MR) is 75.5 cm³/mol. The monoisotopic (exact) mass is 283 g/mol. The van der Waals surface area contributed by atoms with Crippen molar-refractivity contribution in [3.63, 3.8) is 0 Å². The van der Waals surface area contributed by atoms with Crippen LogP contribution in [0.15, 0.2) is 18.7 Å². The number of hydrogen-bond acceptors (Lipinski definition) is 5. The van der Waals surface area contributed by atoms with E-state index in [1.54, 1.807) is 12.5 Å². The topological polar surface area (TPSA) is 68.5 Å². The minimum Gasteiger partial charge on any atom is -0.389 e. The molecule has 20 heavy (non-hydrogen) atoms. The van der Waals surface area contributed by atoms with E-state index in [0.29, 0.717) is 19.8 Å². The molecule has 0 saturated carbocycles. The minimum absolute atomic E-state index is 0.218. The standard InChI is InChI=1S/C14H25N3O3/c1-12(8-17-5-4-15-11-17)16-7-13(18)9-19-10-14-3-2-6-20-14/h4-5,11-14,16,18H,2-3,6-10H2,1H3. The molecule has 6 nitrogen and oxygen atoms in total. The van der Waals surface area contributed by atoms with Crippen LogP contribution in [0.1, 0.15) is 19.8 Å². The van der Waals surface area contributed by atoms with Crippen molar-refractivity contribution in [2.45, 2.75) is 44.6 Å². The van der Waals surface area contributed by atoms with Crippen molar-refractivity contribution < 1.29 is 14.6 Å². The number of aromatic nitrogens is 2. The second kappa shape index (κ2) is 8.36. The summed E-state index contributed by atoms with van der Waals surface area (Å²) in [6.45, 7) is 5.22. The van der Waals surface area contributed by atoms with Crippen LogP contribution >= 0.6 is 0 Å². The van der Waals surface area contributed by atoms with Crippen molar-refractivity contribution in [2.75, 3.05) is 26.4 Å². The Morgan fingerprint density at radius 2 is 2.50 bits per heavy atom. The van der Waals surface area contributed by atoms with Gasteiger partial charge in [0, 0.05) is 38.1 Å². The third-order valence-corrected chi connectivity index (χ3v) is 3.38. The molecule has 0 amide bonds. The largest absolute Gasteiger partial charge is 0.389 e. The second-order valence-electron chi connectivity index (χ2n) is 5.40. The van der Waals surface area contributed by atoms with Gasteiger partial charge in [0.2, 0.25) is 0 Å². The summed E-state index contributed by atoms with van der Waals surface area (Å²) in [5, 5.41) is 13.1. The molecule has 1 fully saturated rings. The summed E-state index contributed by atoms with van der Waals surface area (Å²) < 4.78 is 13.0. The van der Waals surface area contributed by atoms with E-state index in [1.807, 2.05) is 10.8 Å². The summed E-state index contributed by atoms with van der Waals surface area (Å²) in [4.78, 5) is 4.00. The molecule has 0 radical (unpaired) electrons. The zero-order valence-corrected chi connectivity index (χ0v) is 12.1. The normalized spacial score (nSPS) is 22.0. The summed E-state index contributed by atoms with van der Waals surface area (Å²) >= 11 is 0. The van der Waals surface area contributed by atoms with Gasteiger partial charge in [-0.05, 0) is 19.8 Å². The first kappa shape index (κ1) is 15.4. The van der Waals surface area contributed by atoms with E-state index in [-0.39, 0.29) is 12.1 Å². The van der Waals surface area contributed by atoms with E-state index in [4.69, 9.17) is 9.47 Å². The van der Waals surface area contributed by atoms with Gasteiger partial charge < -0.3 is 24.5 Å². The number of ether oxygens (including phenoxy) is 2. The van der Waals surface area contributed by atoms with Crippen LogP contribution < -0.4 is 5.32 Å². The van der Waals surface area contributed by atoms with Crippen molar-refractivity contribution in [3.8, 4) is 0 Å². The van der Waals surface area contributed by atoms with Gasteiger partial charge in [-0.1, -0.05) is 0 Å². The van der Waals surface area contributed by atoms with Crippen LogP contribution in [0.2, 0.25) is 0 Å². The Labute approximate surface area is 120 Å². The molecule has 114 valence electrons. The fourth-order valence-electron chi connectivity index (χ4n) is 2.28. The Hall–Kier alpha value is -0.950. The Morgan fingerprint density at radius 3 is 3.20 bits per heavy atom. The van der Waals surface area contributed by atoms with Gasteiger partial charge in [0.05, 0.1) is 31.7 Å². The molecule has 6 heteroatoms. The van der Waals surface area contributed by atoms with Gasteiger partial charge in [-0.3, -0.25) is 0 Å². The number of aliphatic hydroxyl groups excluding tert-OH is 1. The molecule has 2 N–H and O–H groups in total. The lowest BCUT2D eigenvalue weighted by Crippen LogP contribution is -2.38. The van der Waals surface area contributed by atoms with Crippen molar-refractivity contribution in [3.05, 3.63) is 18.7 Å². The summed E-state index contributed by atoms with van der Waals surface area (Å²) in [5.41, 5.74) is 0. The Bertz CT molecular complexity index is 353. The lowest BCUT2D eigenvalue weighted by Gasteiger charge is -2.18. The molecule has 1 aliphatic heterocycles. The smallest absolute Gasteiger partial charge is 0.0946 e. The average molecular weight is 283 g/mol. The minimum atomic E-state index is -0.485. The van der Waals surface area contributed by atoms with Crippen LogP contribution in [0.3, 0.4) is 0 Å². The molecule has 2 heterocycles. The van der Waals surface area contributed by atoms with Crippen LogP contribution in [0.4, 0.5) is 0 Å². The Morgan fingerprint density at radius 1 is 1.60 bits per heavy atom. The van der Waals surface area contributed by atoms with Gasteiger partial charge >= 0.3 is 0 Å². The van der Waals surface area contributed by atoms with Gasteiger partial charge in [-0.25, -0.2) is 4.98 Å². The molecule has 3 atom stereocenters. The Kier molecular flexibility index (Phi) is 6.46. The highest BCUT2D eigenvalue weighted by Gasteiger charge is 2.16. The van der Waals surface area contributed by atoms with Gasteiger partial charge in [0.25, 0.3) is 0 Å². The van der Waals surface area contributed by atoms with Crippen LogP contribution in [-0.2, 0) is 16.0 Å². The zero-order chi connectivity index (χ0) is 14.2. The van der Waals surface area contributed by atoms with Crippen LogP contribution in [-0.4, -0.2) is 59.3 Å². The number of hydrogen-bond donors (Lipinski definition) is 2. The van der Waals surface area contributed by atoms with E-state index < -0.39 is 6.10 Å². The molecule has 1 aromatic rings. The van der Waals surface area contributed by atoms with Crippen LogP contribution in [0, 0.1) is 0 Å². The summed E-state index contributed by atoms with van der Waals surface area (Å²) in [6.07, 6.45) is 7.40. The molecule has 0 bridgehead atoms. The summed E-state index contributed by atoms with van der Waals surface area (Å²) in [6, 6.07) is 0.275. The maximum atomic E-state index is 9.85. The maximum absolute atomic E-state index is 9.85. The van der Waals surface area contributed by atoms with Gasteiger partial charge in [-0.2, -0.15) is 0 Å². The first-order valence-corrected chi connectivity index (χ1v) is 7.30. The average Bonchev–Trinajstić information content (AvgIpc) is 3.09. The fraction of sp³-hybridized carbons (Fsp3) is 0.786. The van der Waals surface area contributed by atoms with Gasteiger partial charge in [0.1, 0.15) is 0 Å². The van der Waals surface area contributed by atoms with Gasteiger partial charge in [-0.15, -0.1) is 0 Å². The Balaban J connectivity index is 1.51. The lowest BCUT2D eigenvalue weighted by molar-refractivity contribution is -0.0169. The quantitative estimate of drug-likeness (QED) is 0.687. The molecular formula is C14H25N3O3. The first-order valence-electron chi connectivity index (χ1n) is 7.30. The van der Waals surface area contributed by atoms with E-state index >= 15 is 0 Å². The van der Waals surface area contributed by atoms with E-state index in [1.165, 1.54) is 0 Å². The van der Waals surface area contributed by atoms with Crippen molar-refractivity contribution in [1.82, 2.24) is 14.9 Å². The molecule has 0 aliphatic carbocycles. The number of rotatable bonds is 9. The van der Waals surface area contributed by atoms with Crippen molar-refractivity contribution in [2.24, 2.45) is 0 Å². The zero-order valence-electron chi connectivity index (χ0n) is 12.1. The molecule has 1 aromatic heterocycles. The number of nitrogens with zero attached hydrogens (tertiary/aromatic N) is 2. The van der Waals surface area contributed by atoms with E-state index in [2.05, 4.69) is 17.2 Å². The van der Waals surface area contributed by atoms with Crippen LogP contribution in [0.25, 0.3) is 0 Å². The molecular weight excluding hydrogens is 258 g/mol. The van der Waals surface area contributed by atoms with Crippen molar-refractivity contribution in [1.29, 1.82) is 0 Å². The maximum Gasteiger partial charge on any atom is 0.0946 e. The lowest BCUT2D eigenvalue weighted by atomic mass is 10.2. The van der Waals surface area contributed by atoms with Crippen molar-refractivity contribution >= 4 is 0 Å². The summed E-state index contributed by atoms with van der Waals surface area (Å²) in [5.74, 6) is 0. The fourth-order valence-corrected chi connectivity index (χ4v) is 2.28. The predicted octanol–water partition coefficient (Wildman–Crippen LogP) is 0.418. The molecule has 1 aliphatic rings. The molecule has 1 saturated heterocycles. The van der Waals surface area contributed by atoms with E-state index in [9.17, 15) is 5.11 Å². The molecule has 0 spiro atoms. The molecule has 2 rings (SSSR count). The number of nitrogens with one attached hydrogen (secondary N) is 1.